The molecule has 2 rings (SSSR count). The summed E-state index contributed by atoms with van der Waals surface area (Å²) in [4.78, 5) is 11.0. The number of hydrogen-bond donors (Lipinski definition) is 2. The number of carbonyl (C=O) groups is 1. The van der Waals surface area contributed by atoms with Gasteiger partial charge in [0, 0.05) is 31.1 Å². The Morgan fingerprint density at radius 1 is 1.33 bits per heavy atom. The first-order valence-corrected chi connectivity index (χ1v) is 6.02. The molecular weight excluding hydrogens is 238 g/mol. The number of amides is 1. The van der Waals surface area contributed by atoms with Crippen molar-refractivity contribution in [3.63, 3.8) is 0 Å². The fourth-order valence-corrected chi connectivity index (χ4v) is 2.00. The molecule has 1 saturated heterocycles. The molecule has 1 aromatic rings. The van der Waals surface area contributed by atoms with Gasteiger partial charge in [0.15, 0.2) is 0 Å². The number of carbonyl (C=O) groups excluding carboxylic acids is 1. The minimum atomic E-state index is -2.42. The molecule has 0 spiro atoms. The second-order valence-corrected chi connectivity index (χ2v) is 4.48. The van der Waals surface area contributed by atoms with Gasteiger partial charge in [-0.25, -0.2) is 8.78 Å². The average Bonchev–Trinajstić information content (AvgIpc) is 2.76. The lowest BCUT2D eigenvalue weighted by atomic mass is 10.1. The van der Waals surface area contributed by atoms with E-state index in [2.05, 4.69) is 10.6 Å². The lowest BCUT2D eigenvalue weighted by Gasteiger charge is -2.11. The quantitative estimate of drug-likeness (QED) is 0.843. The van der Waals surface area contributed by atoms with E-state index in [9.17, 15) is 13.6 Å². The van der Waals surface area contributed by atoms with Crippen molar-refractivity contribution in [3.05, 3.63) is 35.4 Å². The van der Waals surface area contributed by atoms with Crippen LogP contribution in [0.3, 0.4) is 0 Å². The molecule has 5 heteroatoms. The third-order valence-corrected chi connectivity index (χ3v) is 3.04. The first-order valence-electron chi connectivity index (χ1n) is 6.02. The lowest BCUT2D eigenvalue weighted by molar-refractivity contribution is -0.119. The molecule has 1 aromatic carbocycles. The van der Waals surface area contributed by atoms with E-state index in [-0.39, 0.29) is 17.5 Å². The molecule has 0 aromatic heterocycles. The summed E-state index contributed by atoms with van der Waals surface area (Å²) in [5.41, 5.74) is 1.01. The Bertz CT molecular complexity index is 406. The summed E-state index contributed by atoms with van der Waals surface area (Å²) >= 11 is 0. The molecule has 0 saturated carbocycles. The van der Waals surface area contributed by atoms with Crippen molar-refractivity contribution in [1.82, 2.24) is 10.6 Å². The second kappa shape index (κ2) is 5.91. The SMILES string of the molecule is O=C1CCC(CNCc2ccc(C(F)F)cc2)N1. The molecule has 1 aliphatic heterocycles. The summed E-state index contributed by atoms with van der Waals surface area (Å²) < 4.78 is 24.7. The van der Waals surface area contributed by atoms with Gasteiger partial charge >= 0.3 is 0 Å². The van der Waals surface area contributed by atoms with Crippen molar-refractivity contribution < 1.29 is 13.6 Å². The zero-order valence-electron chi connectivity index (χ0n) is 9.96. The van der Waals surface area contributed by atoms with Gasteiger partial charge in [-0.1, -0.05) is 24.3 Å². The van der Waals surface area contributed by atoms with E-state index in [0.717, 1.165) is 12.0 Å². The zero-order valence-corrected chi connectivity index (χ0v) is 9.96. The molecule has 1 aliphatic rings. The highest BCUT2D eigenvalue weighted by atomic mass is 19.3. The Hall–Kier alpha value is -1.49. The molecule has 0 radical (unpaired) electrons. The fraction of sp³-hybridized carbons (Fsp3) is 0.462. The Morgan fingerprint density at radius 2 is 2.06 bits per heavy atom. The fourth-order valence-electron chi connectivity index (χ4n) is 2.00. The van der Waals surface area contributed by atoms with Gasteiger partial charge in [0.25, 0.3) is 6.43 Å². The van der Waals surface area contributed by atoms with Gasteiger partial charge in [0.05, 0.1) is 0 Å². The maximum Gasteiger partial charge on any atom is 0.263 e. The predicted octanol–water partition coefficient (Wildman–Crippen LogP) is 1.99. The van der Waals surface area contributed by atoms with Crippen LogP contribution in [-0.4, -0.2) is 18.5 Å². The highest BCUT2D eigenvalue weighted by Crippen LogP contribution is 2.18. The summed E-state index contributed by atoms with van der Waals surface area (Å²) in [6.45, 7) is 1.33. The Balaban J connectivity index is 1.74. The van der Waals surface area contributed by atoms with Gasteiger partial charge in [-0.05, 0) is 12.0 Å². The highest BCUT2D eigenvalue weighted by Gasteiger charge is 2.19. The average molecular weight is 254 g/mol. The smallest absolute Gasteiger partial charge is 0.263 e. The Labute approximate surface area is 105 Å². The first kappa shape index (κ1) is 13.0. The molecule has 2 N–H and O–H groups in total. The van der Waals surface area contributed by atoms with Crippen LogP contribution in [0.25, 0.3) is 0 Å². The van der Waals surface area contributed by atoms with Crippen LogP contribution >= 0.6 is 0 Å². The van der Waals surface area contributed by atoms with Gasteiger partial charge in [-0.15, -0.1) is 0 Å². The van der Waals surface area contributed by atoms with Crippen LogP contribution < -0.4 is 10.6 Å². The number of benzene rings is 1. The number of hydrogen-bond acceptors (Lipinski definition) is 2. The van der Waals surface area contributed by atoms with E-state index >= 15 is 0 Å². The summed E-state index contributed by atoms with van der Waals surface area (Å²) in [5, 5.41) is 6.07. The van der Waals surface area contributed by atoms with Crippen LogP contribution in [0.5, 0.6) is 0 Å². The van der Waals surface area contributed by atoms with E-state index in [1.165, 1.54) is 12.1 Å². The molecular formula is C13H16F2N2O. The molecule has 3 nitrogen and oxygen atoms in total. The van der Waals surface area contributed by atoms with Crippen molar-refractivity contribution >= 4 is 5.91 Å². The number of nitrogens with one attached hydrogen (secondary N) is 2. The molecule has 18 heavy (non-hydrogen) atoms. The van der Waals surface area contributed by atoms with Crippen LogP contribution in [0.2, 0.25) is 0 Å². The van der Waals surface area contributed by atoms with Crippen LogP contribution in [0.1, 0.15) is 30.4 Å². The monoisotopic (exact) mass is 254 g/mol. The van der Waals surface area contributed by atoms with Crippen LogP contribution in [0, 0.1) is 0 Å². The van der Waals surface area contributed by atoms with E-state index in [1.54, 1.807) is 12.1 Å². The van der Waals surface area contributed by atoms with Crippen molar-refractivity contribution in [2.75, 3.05) is 6.54 Å². The Kier molecular flexibility index (Phi) is 4.25. The largest absolute Gasteiger partial charge is 0.352 e. The third-order valence-electron chi connectivity index (χ3n) is 3.04. The van der Waals surface area contributed by atoms with Gasteiger partial charge < -0.3 is 10.6 Å². The summed E-state index contributed by atoms with van der Waals surface area (Å²) in [5.74, 6) is 0.100. The van der Waals surface area contributed by atoms with Gasteiger partial charge in [-0.3, -0.25) is 4.79 Å². The van der Waals surface area contributed by atoms with Crippen molar-refractivity contribution in [2.45, 2.75) is 31.9 Å². The van der Waals surface area contributed by atoms with Crippen molar-refractivity contribution in [2.24, 2.45) is 0 Å². The van der Waals surface area contributed by atoms with Crippen molar-refractivity contribution in [3.8, 4) is 0 Å². The van der Waals surface area contributed by atoms with E-state index in [0.29, 0.717) is 19.5 Å². The molecule has 1 unspecified atom stereocenters. The van der Waals surface area contributed by atoms with Gasteiger partial charge in [0.2, 0.25) is 5.91 Å². The van der Waals surface area contributed by atoms with E-state index in [4.69, 9.17) is 0 Å². The van der Waals surface area contributed by atoms with Crippen LogP contribution in [-0.2, 0) is 11.3 Å². The molecule has 0 aliphatic carbocycles. The Morgan fingerprint density at radius 3 is 2.61 bits per heavy atom. The molecule has 1 amide bonds. The topological polar surface area (TPSA) is 41.1 Å². The number of rotatable bonds is 5. The molecule has 1 heterocycles. The summed E-state index contributed by atoms with van der Waals surface area (Å²) in [6, 6.07) is 6.47. The molecule has 1 atom stereocenters. The van der Waals surface area contributed by atoms with Crippen molar-refractivity contribution in [1.29, 1.82) is 0 Å². The highest BCUT2D eigenvalue weighted by molar-refractivity contribution is 5.78. The third kappa shape index (κ3) is 3.50. The van der Waals surface area contributed by atoms with E-state index < -0.39 is 6.43 Å². The normalized spacial score (nSPS) is 19.3. The zero-order chi connectivity index (χ0) is 13.0. The van der Waals surface area contributed by atoms with Crippen LogP contribution in [0.15, 0.2) is 24.3 Å². The minimum Gasteiger partial charge on any atom is -0.352 e. The predicted molar refractivity (Wildman–Crippen MR) is 64.3 cm³/mol. The summed E-state index contributed by atoms with van der Waals surface area (Å²) in [6.07, 6.45) is -0.966. The number of alkyl halides is 2. The maximum atomic E-state index is 12.3. The summed E-state index contributed by atoms with van der Waals surface area (Å²) in [7, 11) is 0. The maximum absolute atomic E-state index is 12.3. The molecule has 0 bridgehead atoms. The lowest BCUT2D eigenvalue weighted by Crippen LogP contribution is -2.35. The van der Waals surface area contributed by atoms with Crippen LogP contribution in [0.4, 0.5) is 8.78 Å². The van der Waals surface area contributed by atoms with Gasteiger partial charge in [-0.2, -0.15) is 0 Å². The second-order valence-electron chi connectivity index (χ2n) is 4.48. The first-order chi connectivity index (χ1) is 8.65. The standard InChI is InChI=1S/C13H16F2N2O/c14-13(15)10-3-1-9(2-4-10)7-16-8-11-5-6-12(18)17-11/h1-4,11,13,16H,5-8H2,(H,17,18). The molecule has 1 fully saturated rings. The number of halogens is 2. The molecule has 98 valence electrons. The minimum absolute atomic E-state index is 0.0433. The van der Waals surface area contributed by atoms with E-state index in [1.807, 2.05) is 0 Å². The van der Waals surface area contributed by atoms with Gasteiger partial charge in [0.1, 0.15) is 0 Å².